The van der Waals surface area contributed by atoms with Crippen molar-refractivity contribution in [2.75, 3.05) is 0 Å². The monoisotopic (exact) mass is 225 g/mol. The Bertz CT molecular complexity index is 508. The van der Waals surface area contributed by atoms with Crippen LogP contribution in [0.5, 0.6) is 5.75 Å². The molecule has 1 aromatic carbocycles. The van der Waals surface area contributed by atoms with Gasteiger partial charge in [-0.25, -0.2) is 0 Å². The number of ether oxygens (including phenoxy) is 1. The van der Waals surface area contributed by atoms with Gasteiger partial charge in [0.25, 0.3) is 0 Å². The summed E-state index contributed by atoms with van der Waals surface area (Å²) in [6.07, 6.45) is 7.29. The molecule has 0 aliphatic heterocycles. The van der Waals surface area contributed by atoms with Crippen LogP contribution in [0.1, 0.15) is 23.1 Å². The van der Waals surface area contributed by atoms with Gasteiger partial charge in [0.05, 0.1) is 0 Å². The van der Waals surface area contributed by atoms with Gasteiger partial charge in [-0.1, -0.05) is 6.07 Å². The predicted octanol–water partition coefficient (Wildman–Crippen LogP) is 3.15. The molecule has 0 unspecified atom stereocenters. The first kappa shape index (κ1) is 10.3. The molecular weight excluding hydrogens is 210 g/mol. The topological polar surface area (TPSA) is 22.1 Å². The van der Waals surface area contributed by atoms with Crippen LogP contribution < -0.4 is 4.74 Å². The third kappa shape index (κ3) is 2.31. The third-order valence-corrected chi connectivity index (χ3v) is 3.22. The number of hydrogen-bond acceptors (Lipinski definition) is 2. The largest absolute Gasteiger partial charge is 0.489 e. The molecule has 1 aromatic heterocycles. The van der Waals surface area contributed by atoms with Crippen LogP contribution in [-0.2, 0) is 19.4 Å². The zero-order chi connectivity index (χ0) is 11.5. The van der Waals surface area contributed by atoms with Crippen molar-refractivity contribution in [2.24, 2.45) is 0 Å². The predicted molar refractivity (Wildman–Crippen MR) is 67.0 cm³/mol. The van der Waals surface area contributed by atoms with Crippen molar-refractivity contribution in [1.82, 2.24) is 4.98 Å². The fourth-order valence-electron chi connectivity index (χ4n) is 2.28. The molecule has 0 radical (unpaired) electrons. The highest BCUT2D eigenvalue weighted by molar-refractivity contribution is 5.38. The van der Waals surface area contributed by atoms with Crippen LogP contribution in [0.2, 0.25) is 0 Å². The van der Waals surface area contributed by atoms with E-state index in [1.807, 2.05) is 12.1 Å². The SMILES string of the molecule is c1cc(COc2ccc3c(c2)CCC3)ccn1. The number of hydrogen-bond donors (Lipinski definition) is 0. The maximum atomic E-state index is 5.79. The molecule has 0 saturated heterocycles. The normalized spacial score (nSPS) is 13.4. The molecule has 17 heavy (non-hydrogen) atoms. The van der Waals surface area contributed by atoms with Crippen LogP contribution in [0.3, 0.4) is 0 Å². The number of nitrogens with zero attached hydrogens (tertiary/aromatic N) is 1. The van der Waals surface area contributed by atoms with Gasteiger partial charge in [0.1, 0.15) is 12.4 Å². The molecule has 0 atom stereocenters. The van der Waals surface area contributed by atoms with E-state index in [0.717, 1.165) is 11.3 Å². The van der Waals surface area contributed by atoms with Gasteiger partial charge in [0, 0.05) is 12.4 Å². The first-order valence-corrected chi connectivity index (χ1v) is 6.05. The second-order valence-corrected chi connectivity index (χ2v) is 4.43. The summed E-state index contributed by atoms with van der Waals surface area (Å²) < 4.78 is 5.79. The van der Waals surface area contributed by atoms with Crippen molar-refractivity contribution in [3.63, 3.8) is 0 Å². The molecule has 0 amide bonds. The Morgan fingerprint density at radius 3 is 2.71 bits per heavy atom. The number of benzene rings is 1. The molecule has 0 saturated carbocycles. The highest BCUT2D eigenvalue weighted by atomic mass is 16.5. The van der Waals surface area contributed by atoms with Crippen LogP contribution in [-0.4, -0.2) is 4.98 Å². The minimum absolute atomic E-state index is 0.612. The summed E-state index contributed by atoms with van der Waals surface area (Å²) in [5.74, 6) is 0.975. The van der Waals surface area contributed by atoms with Gasteiger partial charge in [-0.2, -0.15) is 0 Å². The molecule has 1 heterocycles. The average molecular weight is 225 g/mol. The number of aryl methyl sites for hydroxylation is 2. The highest BCUT2D eigenvalue weighted by Gasteiger charge is 2.10. The Kier molecular flexibility index (Phi) is 2.78. The quantitative estimate of drug-likeness (QED) is 0.800. The molecule has 0 fully saturated rings. The summed E-state index contributed by atoms with van der Waals surface area (Å²) in [6, 6.07) is 10.4. The molecule has 2 nitrogen and oxygen atoms in total. The van der Waals surface area contributed by atoms with E-state index in [9.17, 15) is 0 Å². The first-order chi connectivity index (χ1) is 8.42. The molecule has 1 aliphatic carbocycles. The van der Waals surface area contributed by atoms with Crippen molar-refractivity contribution in [3.05, 3.63) is 59.4 Å². The van der Waals surface area contributed by atoms with E-state index in [0.29, 0.717) is 6.61 Å². The number of rotatable bonds is 3. The molecule has 86 valence electrons. The van der Waals surface area contributed by atoms with E-state index in [1.165, 1.54) is 30.4 Å². The Labute approximate surface area is 101 Å². The smallest absolute Gasteiger partial charge is 0.120 e. The van der Waals surface area contributed by atoms with Gasteiger partial charge in [0.2, 0.25) is 0 Å². The third-order valence-electron chi connectivity index (χ3n) is 3.22. The minimum atomic E-state index is 0.612. The van der Waals surface area contributed by atoms with Gasteiger partial charge in [-0.05, 0) is 60.2 Å². The van der Waals surface area contributed by atoms with Crippen molar-refractivity contribution in [1.29, 1.82) is 0 Å². The fraction of sp³-hybridized carbons (Fsp3) is 0.267. The summed E-state index contributed by atoms with van der Waals surface area (Å²) in [5, 5.41) is 0. The number of pyridine rings is 1. The second kappa shape index (κ2) is 4.58. The molecule has 2 heteroatoms. The molecule has 3 rings (SSSR count). The summed E-state index contributed by atoms with van der Waals surface area (Å²) in [6.45, 7) is 0.612. The van der Waals surface area contributed by atoms with E-state index >= 15 is 0 Å². The van der Waals surface area contributed by atoms with Crippen LogP contribution in [0.4, 0.5) is 0 Å². The second-order valence-electron chi connectivity index (χ2n) is 4.43. The lowest BCUT2D eigenvalue weighted by Gasteiger charge is -2.08. The first-order valence-electron chi connectivity index (χ1n) is 6.05. The van der Waals surface area contributed by atoms with E-state index in [1.54, 1.807) is 12.4 Å². The summed E-state index contributed by atoms with van der Waals surface area (Å²) in [5.41, 5.74) is 4.10. The Morgan fingerprint density at radius 2 is 1.82 bits per heavy atom. The Hall–Kier alpha value is -1.83. The van der Waals surface area contributed by atoms with Crippen LogP contribution in [0.15, 0.2) is 42.7 Å². The van der Waals surface area contributed by atoms with E-state index in [2.05, 4.69) is 23.2 Å². The molecule has 0 bridgehead atoms. The number of aromatic nitrogens is 1. The Morgan fingerprint density at radius 1 is 1.00 bits per heavy atom. The Balaban J connectivity index is 1.70. The van der Waals surface area contributed by atoms with Crippen LogP contribution in [0, 0.1) is 0 Å². The van der Waals surface area contributed by atoms with Crippen molar-refractivity contribution >= 4 is 0 Å². The maximum absolute atomic E-state index is 5.79. The van der Waals surface area contributed by atoms with Crippen molar-refractivity contribution in [3.8, 4) is 5.75 Å². The zero-order valence-corrected chi connectivity index (χ0v) is 9.73. The summed E-state index contributed by atoms with van der Waals surface area (Å²) >= 11 is 0. The standard InChI is InChI=1S/C15H15NO/c1-2-13-4-5-15(10-14(13)3-1)17-11-12-6-8-16-9-7-12/h4-10H,1-3,11H2. The molecule has 1 aliphatic rings. The van der Waals surface area contributed by atoms with Crippen LogP contribution in [0.25, 0.3) is 0 Å². The van der Waals surface area contributed by atoms with Crippen LogP contribution >= 0.6 is 0 Å². The van der Waals surface area contributed by atoms with Crippen molar-refractivity contribution in [2.45, 2.75) is 25.9 Å². The lowest BCUT2D eigenvalue weighted by Crippen LogP contribution is -1.96. The minimum Gasteiger partial charge on any atom is -0.489 e. The van der Waals surface area contributed by atoms with Gasteiger partial charge in [-0.3, -0.25) is 4.98 Å². The van der Waals surface area contributed by atoms with E-state index in [4.69, 9.17) is 4.74 Å². The molecular formula is C15H15NO. The maximum Gasteiger partial charge on any atom is 0.120 e. The molecule has 0 spiro atoms. The lowest BCUT2D eigenvalue weighted by molar-refractivity contribution is 0.306. The summed E-state index contributed by atoms with van der Waals surface area (Å²) in [4.78, 5) is 3.99. The van der Waals surface area contributed by atoms with E-state index in [-0.39, 0.29) is 0 Å². The number of fused-ring (bicyclic) bond motifs is 1. The highest BCUT2D eigenvalue weighted by Crippen LogP contribution is 2.26. The van der Waals surface area contributed by atoms with Gasteiger partial charge in [0.15, 0.2) is 0 Å². The van der Waals surface area contributed by atoms with Gasteiger partial charge >= 0.3 is 0 Å². The molecule has 2 aromatic rings. The zero-order valence-electron chi connectivity index (χ0n) is 9.73. The lowest BCUT2D eigenvalue weighted by atomic mass is 10.1. The van der Waals surface area contributed by atoms with Crippen molar-refractivity contribution < 1.29 is 4.74 Å². The molecule has 0 N–H and O–H groups in total. The fourth-order valence-corrected chi connectivity index (χ4v) is 2.28. The van der Waals surface area contributed by atoms with E-state index < -0.39 is 0 Å². The average Bonchev–Trinajstić information content (AvgIpc) is 2.85. The summed E-state index contributed by atoms with van der Waals surface area (Å²) in [7, 11) is 0. The van der Waals surface area contributed by atoms with Gasteiger partial charge < -0.3 is 4.74 Å². The van der Waals surface area contributed by atoms with Gasteiger partial charge in [-0.15, -0.1) is 0 Å².